The van der Waals surface area contributed by atoms with E-state index in [1.807, 2.05) is 12.5 Å². The van der Waals surface area contributed by atoms with E-state index >= 15 is 0 Å². The highest BCUT2D eigenvalue weighted by molar-refractivity contribution is 7.99. The summed E-state index contributed by atoms with van der Waals surface area (Å²) in [5.41, 5.74) is 2.61. The molecule has 0 atom stereocenters. The fourth-order valence-corrected chi connectivity index (χ4v) is 5.55. The fraction of sp³-hybridized carbons (Fsp3) is 0.294. The van der Waals surface area contributed by atoms with Crippen molar-refractivity contribution in [1.82, 2.24) is 14.6 Å². The number of sulfone groups is 1. The molecule has 0 spiro atoms. The van der Waals surface area contributed by atoms with Crippen molar-refractivity contribution in [2.24, 2.45) is 0 Å². The molecule has 0 radical (unpaired) electrons. The molecule has 4 rings (SSSR count). The largest absolute Gasteiger partial charge is 0.232 e. The normalized spacial score (nSPS) is 14.7. The Kier molecular flexibility index (Phi) is 3.85. The second-order valence-electron chi connectivity index (χ2n) is 5.84. The number of fused-ring (bicyclic) bond motifs is 2. The SMILES string of the molecule is CSc1nn2cc3c(nc2c1S(=O)(=O)c1ccccc1)CCCC3. The lowest BCUT2D eigenvalue weighted by atomic mass is 9.98. The number of aryl methyl sites for hydroxylation is 2. The number of rotatable bonds is 3. The van der Waals surface area contributed by atoms with Crippen LogP contribution >= 0.6 is 11.8 Å². The number of benzene rings is 1. The Morgan fingerprint density at radius 2 is 1.88 bits per heavy atom. The Balaban J connectivity index is 2.00. The molecule has 0 fully saturated rings. The van der Waals surface area contributed by atoms with Gasteiger partial charge < -0.3 is 0 Å². The van der Waals surface area contributed by atoms with Crippen LogP contribution in [0.3, 0.4) is 0 Å². The lowest BCUT2D eigenvalue weighted by Crippen LogP contribution is -2.09. The molecule has 1 aliphatic rings. The Labute approximate surface area is 145 Å². The minimum Gasteiger partial charge on any atom is -0.232 e. The molecule has 0 bridgehead atoms. The van der Waals surface area contributed by atoms with Gasteiger partial charge in [-0.15, -0.1) is 11.8 Å². The van der Waals surface area contributed by atoms with Crippen molar-refractivity contribution >= 4 is 27.2 Å². The van der Waals surface area contributed by atoms with E-state index in [9.17, 15) is 8.42 Å². The molecular weight excluding hydrogens is 342 g/mol. The van der Waals surface area contributed by atoms with Gasteiger partial charge in [-0.2, -0.15) is 5.10 Å². The zero-order valence-corrected chi connectivity index (χ0v) is 14.9. The van der Waals surface area contributed by atoms with Gasteiger partial charge in [0, 0.05) is 11.9 Å². The molecule has 24 heavy (non-hydrogen) atoms. The standard InChI is InChI=1S/C17H17N3O2S2/c1-23-17-15(24(21,22)13-8-3-2-4-9-13)16-18-14-10-6-5-7-12(14)11-20(16)19-17/h2-4,8-9,11H,5-7,10H2,1H3. The second kappa shape index (κ2) is 5.89. The molecule has 1 aromatic carbocycles. The van der Waals surface area contributed by atoms with Gasteiger partial charge in [0.05, 0.1) is 4.90 Å². The third kappa shape index (κ3) is 2.43. The molecule has 0 saturated carbocycles. The molecule has 2 heterocycles. The number of aromatic nitrogens is 3. The van der Waals surface area contributed by atoms with Crippen molar-refractivity contribution < 1.29 is 8.42 Å². The average Bonchev–Trinajstić information content (AvgIpc) is 2.98. The third-order valence-electron chi connectivity index (χ3n) is 4.33. The van der Waals surface area contributed by atoms with Crippen molar-refractivity contribution in [2.45, 2.75) is 40.5 Å². The van der Waals surface area contributed by atoms with Crippen LogP contribution in [-0.2, 0) is 22.7 Å². The van der Waals surface area contributed by atoms with Crippen molar-refractivity contribution in [3.8, 4) is 0 Å². The monoisotopic (exact) mass is 359 g/mol. The summed E-state index contributed by atoms with van der Waals surface area (Å²) in [4.78, 5) is 5.17. The summed E-state index contributed by atoms with van der Waals surface area (Å²) in [7, 11) is -3.66. The predicted octanol–water partition coefficient (Wildman–Crippen LogP) is 3.16. The maximum Gasteiger partial charge on any atom is 0.213 e. The molecule has 0 amide bonds. The number of thioether (sulfide) groups is 1. The van der Waals surface area contributed by atoms with Gasteiger partial charge in [-0.05, 0) is 49.6 Å². The van der Waals surface area contributed by atoms with Gasteiger partial charge >= 0.3 is 0 Å². The zero-order valence-electron chi connectivity index (χ0n) is 13.3. The maximum atomic E-state index is 13.2. The highest BCUT2D eigenvalue weighted by Crippen LogP contribution is 2.33. The van der Waals surface area contributed by atoms with E-state index in [-0.39, 0.29) is 9.79 Å². The van der Waals surface area contributed by atoms with Gasteiger partial charge in [-0.25, -0.2) is 17.9 Å². The highest BCUT2D eigenvalue weighted by Gasteiger charge is 2.29. The van der Waals surface area contributed by atoms with E-state index in [0.29, 0.717) is 10.7 Å². The Hall–Kier alpha value is -1.86. The van der Waals surface area contributed by atoms with Crippen LogP contribution in [0.2, 0.25) is 0 Å². The highest BCUT2D eigenvalue weighted by atomic mass is 32.2. The molecule has 0 saturated heterocycles. The van der Waals surface area contributed by atoms with Crippen LogP contribution in [0.15, 0.2) is 51.3 Å². The van der Waals surface area contributed by atoms with E-state index in [2.05, 4.69) is 10.1 Å². The van der Waals surface area contributed by atoms with E-state index in [4.69, 9.17) is 0 Å². The summed E-state index contributed by atoms with van der Waals surface area (Å²) in [5, 5.41) is 4.96. The Morgan fingerprint density at radius 3 is 2.62 bits per heavy atom. The Morgan fingerprint density at radius 1 is 1.12 bits per heavy atom. The zero-order chi connectivity index (χ0) is 16.7. The molecule has 0 N–H and O–H groups in total. The minimum absolute atomic E-state index is 0.217. The van der Waals surface area contributed by atoms with Crippen molar-refractivity contribution in [3.63, 3.8) is 0 Å². The van der Waals surface area contributed by atoms with Gasteiger partial charge in [0.1, 0.15) is 5.03 Å². The van der Waals surface area contributed by atoms with Crippen molar-refractivity contribution in [1.29, 1.82) is 0 Å². The lowest BCUT2D eigenvalue weighted by Gasteiger charge is -2.14. The van der Waals surface area contributed by atoms with Gasteiger partial charge in [0.15, 0.2) is 10.5 Å². The molecule has 2 aromatic heterocycles. The molecule has 7 heteroatoms. The first-order valence-electron chi connectivity index (χ1n) is 7.86. The van der Waals surface area contributed by atoms with Gasteiger partial charge in [-0.1, -0.05) is 18.2 Å². The summed E-state index contributed by atoms with van der Waals surface area (Å²) in [5.74, 6) is 0. The Bertz CT molecular complexity index is 1010. The molecule has 0 unspecified atom stereocenters. The predicted molar refractivity (Wildman–Crippen MR) is 93.3 cm³/mol. The number of hydrogen-bond acceptors (Lipinski definition) is 5. The van der Waals surface area contributed by atoms with E-state index in [1.54, 1.807) is 34.8 Å². The number of hydrogen-bond donors (Lipinski definition) is 0. The van der Waals surface area contributed by atoms with Gasteiger partial charge in [0.25, 0.3) is 0 Å². The quantitative estimate of drug-likeness (QED) is 0.672. The van der Waals surface area contributed by atoms with Crippen LogP contribution in [-0.4, -0.2) is 29.3 Å². The smallest absolute Gasteiger partial charge is 0.213 e. The molecule has 124 valence electrons. The number of nitrogens with zero attached hydrogens (tertiary/aromatic N) is 3. The fourth-order valence-electron chi connectivity index (χ4n) is 3.12. The summed E-state index contributed by atoms with van der Waals surface area (Å²) in [6, 6.07) is 8.49. The van der Waals surface area contributed by atoms with Crippen molar-refractivity contribution in [2.75, 3.05) is 6.26 Å². The maximum absolute atomic E-state index is 13.2. The average molecular weight is 359 g/mol. The second-order valence-corrected chi connectivity index (χ2v) is 8.52. The van der Waals surface area contributed by atoms with E-state index < -0.39 is 9.84 Å². The lowest BCUT2D eigenvalue weighted by molar-refractivity contribution is 0.594. The first-order chi connectivity index (χ1) is 11.6. The first kappa shape index (κ1) is 15.7. The third-order valence-corrected chi connectivity index (χ3v) is 6.94. The summed E-state index contributed by atoms with van der Waals surface area (Å²) in [6.45, 7) is 0. The van der Waals surface area contributed by atoms with Crippen LogP contribution < -0.4 is 0 Å². The topological polar surface area (TPSA) is 64.3 Å². The summed E-state index contributed by atoms with van der Waals surface area (Å²) in [6.07, 6.45) is 7.91. The van der Waals surface area contributed by atoms with Crippen molar-refractivity contribution in [3.05, 3.63) is 47.8 Å². The van der Waals surface area contributed by atoms with E-state index in [0.717, 1.165) is 31.4 Å². The van der Waals surface area contributed by atoms with Crippen LogP contribution in [0, 0.1) is 0 Å². The van der Waals surface area contributed by atoms with Crippen LogP contribution in [0.5, 0.6) is 0 Å². The molecule has 5 nitrogen and oxygen atoms in total. The van der Waals surface area contributed by atoms with Crippen LogP contribution in [0.4, 0.5) is 0 Å². The van der Waals surface area contributed by atoms with Gasteiger partial charge in [0.2, 0.25) is 9.84 Å². The molecule has 1 aliphatic carbocycles. The molecule has 3 aromatic rings. The van der Waals surface area contributed by atoms with Crippen LogP contribution in [0.1, 0.15) is 24.1 Å². The summed E-state index contributed by atoms with van der Waals surface area (Å²) >= 11 is 1.33. The molecular formula is C17H17N3O2S2. The van der Waals surface area contributed by atoms with Gasteiger partial charge in [-0.3, -0.25) is 0 Å². The minimum atomic E-state index is -3.66. The summed E-state index contributed by atoms with van der Waals surface area (Å²) < 4.78 is 27.9. The van der Waals surface area contributed by atoms with Crippen LogP contribution in [0.25, 0.3) is 5.65 Å². The van der Waals surface area contributed by atoms with E-state index in [1.165, 1.54) is 17.3 Å². The molecule has 0 aliphatic heterocycles. The first-order valence-corrected chi connectivity index (χ1v) is 10.6.